The fraction of sp³-hybridized carbons (Fsp3) is 0.0769. The van der Waals surface area contributed by atoms with E-state index in [1.165, 1.54) is 59.1 Å². The second-order valence-corrected chi connectivity index (χ2v) is 8.54. The molecule has 1 aromatic heterocycles. The van der Waals surface area contributed by atoms with Crippen LogP contribution in [-0.4, -0.2) is 0 Å². The van der Waals surface area contributed by atoms with Crippen molar-refractivity contribution in [3.63, 3.8) is 0 Å². The Hall–Kier alpha value is -2.90. The van der Waals surface area contributed by atoms with Crippen molar-refractivity contribution in [1.82, 2.24) is 0 Å². The van der Waals surface area contributed by atoms with Gasteiger partial charge in [-0.15, -0.1) is 11.3 Å². The van der Waals surface area contributed by atoms with Gasteiger partial charge in [0, 0.05) is 20.2 Å². The standard InChI is InChI=1S/C26H18S/c1-16-9-10-17-14-18-11-12-19(15-24(18)23(17)13-16)20-6-4-7-22-21-5-2-3-8-25(21)27-26(20)22/h2-13,15H,14H2,1H3. The minimum Gasteiger partial charge on any atom is -0.135 e. The molecule has 0 fully saturated rings. The number of hydrogen-bond donors (Lipinski definition) is 0. The summed E-state index contributed by atoms with van der Waals surface area (Å²) in [6.07, 6.45) is 1.05. The number of benzene rings is 4. The van der Waals surface area contributed by atoms with Crippen molar-refractivity contribution in [3.8, 4) is 22.3 Å². The highest BCUT2D eigenvalue weighted by Gasteiger charge is 2.19. The Balaban J connectivity index is 1.60. The molecule has 6 rings (SSSR count). The third-order valence-electron chi connectivity index (χ3n) is 5.76. The van der Waals surface area contributed by atoms with Gasteiger partial charge in [0.2, 0.25) is 0 Å². The molecule has 0 radical (unpaired) electrons. The summed E-state index contributed by atoms with van der Waals surface area (Å²) in [5.74, 6) is 0. The van der Waals surface area contributed by atoms with Crippen LogP contribution in [-0.2, 0) is 6.42 Å². The van der Waals surface area contributed by atoms with E-state index < -0.39 is 0 Å². The Morgan fingerprint density at radius 1 is 0.667 bits per heavy atom. The maximum atomic E-state index is 2.40. The van der Waals surface area contributed by atoms with E-state index in [1.54, 1.807) is 0 Å². The summed E-state index contributed by atoms with van der Waals surface area (Å²) in [5.41, 5.74) is 9.71. The second-order valence-electron chi connectivity index (χ2n) is 7.49. The van der Waals surface area contributed by atoms with E-state index in [9.17, 15) is 0 Å². The van der Waals surface area contributed by atoms with Gasteiger partial charge in [0.15, 0.2) is 0 Å². The molecule has 0 nitrogen and oxygen atoms in total. The summed E-state index contributed by atoms with van der Waals surface area (Å²) < 4.78 is 2.75. The van der Waals surface area contributed by atoms with E-state index in [4.69, 9.17) is 0 Å². The Labute approximate surface area is 162 Å². The van der Waals surface area contributed by atoms with Gasteiger partial charge in [-0.1, -0.05) is 72.3 Å². The minimum atomic E-state index is 1.05. The minimum absolute atomic E-state index is 1.05. The molecule has 0 saturated heterocycles. The van der Waals surface area contributed by atoms with Crippen LogP contribution in [0.2, 0.25) is 0 Å². The third kappa shape index (κ3) is 2.22. The lowest BCUT2D eigenvalue weighted by atomic mass is 9.97. The van der Waals surface area contributed by atoms with E-state index in [2.05, 4.69) is 85.8 Å². The Bertz CT molecular complexity index is 1350. The zero-order chi connectivity index (χ0) is 18.0. The number of rotatable bonds is 1. The topological polar surface area (TPSA) is 0 Å². The highest BCUT2D eigenvalue weighted by molar-refractivity contribution is 7.26. The summed E-state index contributed by atoms with van der Waals surface area (Å²) in [6.45, 7) is 2.18. The average molecular weight is 362 g/mol. The molecule has 128 valence electrons. The van der Waals surface area contributed by atoms with Gasteiger partial charge in [-0.2, -0.15) is 0 Å². The molecule has 0 N–H and O–H groups in total. The molecule has 1 aliphatic carbocycles. The van der Waals surface area contributed by atoms with Crippen molar-refractivity contribution in [2.45, 2.75) is 13.3 Å². The van der Waals surface area contributed by atoms with Gasteiger partial charge in [0.25, 0.3) is 0 Å². The molecule has 0 aliphatic heterocycles. The Morgan fingerprint density at radius 2 is 1.44 bits per heavy atom. The molecule has 0 unspecified atom stereocenters. The number of hydrogen-bond acceptors (Lipinski definition) is 1. The van der Waals surface area contributed by atoms with Crippen molar-refractivity contribution in [2.24, 2.45) is 0 Å². The molecule has 0 amide bonds. The second kappa shape index (κ2) is 5.55. The first kappa shape index (κ1) is 15.2. The van der Waals surface area contributed by atoms with Crippen LogP contribution >= 0.6 is 11.3 Å². The fourth-order valence-corrected chi connectivity index (χ4v) is 5.66. The first-order chi connectivity index (χ1) is 13.3. The molecule has 1 aliphatic rings. The normalized spacial score (nSPS) is 12.5. The Kier molecular flexibility index (Phi) is 3.12. The summed E-state index contributed by atoms with van der Waals surface area (Å²) in [7, 11) is 0. The lowest BCUT2D eigenvalue weighted by Gasteiger charge is -2.08. The summed E-state index contributed by atoms with van der Waals surface area (Å²) >= 11 is 1.90. The van der Waals surface area contributed by atoms with Crippen LogP contribution in [0.15, 0.2) is 78.9 Å². The predicted octanol–water partition coefficient (Wildman–Crippen LogP) is 7.60. The molecular formula is C26H18S. The van der Waals surface area contributed by atoms with Gasteiger partial charge in [-0.25, -0.2) is 0 Å². The maximum absolute atomic E-state index is 2.40. The van der Waals surface area contributed by atoms with Gasteiger partial charge < -0.3 is 0 Å². The zero-order valence-electron chi connectivity index (χ0n) is 15.1. The molecule has 0 atom stereocenters. The SMILES string of the molecule is Cc1ccc2c(c1)-c1cc(-c3cccc4c3sc3ccccc34)ccc1C2. The summed E-state index contributed by atoms with van der Waals surface area (Å²) in [4.78, 5) is 0. The molecule has 1 heteroatoms. The van der Waals surface area contributed by atoms with Crippen LogP contribution in [0, 0.1) is 6.92 Å². The first-order valence-electron chi connectivity index (χ1n) is 9.41. The van der Waals surface area contributed by atoms with E-state index in [0.29, 0.717) is 0 Å². The van der Waals surface area contributed by atoms with Gasteiger partial charge in [0.1, 0.15) is 0 Å². The van der Waals surface area contributed by atoms with Crippen molar-refractivity contribution >= 4 is 31.5 Å². The predicted molar refractivity (Wildman–Crippen MR) is 118 cm³/mol. The quantitative estimate of drug-likeness (QED) is 0.282. The van der Waals surface area contributed by atoms with Crippen LogP contribution < -0.4 is 0 Å². The van der Waals surface area contributed by atoms with Gasteiger partial charge in [-0.3, -0.25) is 0 Å². The fourth-order valence-electron chi connectivity index (χ4n) is 4.42. The van der Waals surface area contributed by atoms with Gasteiger partial charge in [-0.05, 0) is 58.9 Å². The lowest BCUT2D eigenvalue weighted by Crippen LogP contribution is -1.83. The van der Waals surface area contributed by atoms with Crippen LogP contribution in [0.5, 0.6) is 0 Å². The molecule has 1 heterocycles. The van der Waals surface area contributed by atoms with E-state index in [0.717, 1.165) is 6.42 Å². The molecule has 0 spiro atoms. The van der Waals surface area contributed by atoms with Crippen molar-refractivity contribution in [2.75, 3.05) is 0 Å². The Morgan fingerprint density at radius 3 is 2.37 bits per heavy atom. The van der Waals surface area contributed by atoms with Crippen LogP contribution in [0.25, 0.3) is 42.4 Å². The largest absolute Gasteiger partial charge is 0.135 e. The average Bonchev–Trinajstić information content (AvgIpc) is 3.25. The number of aryl methyl sites for hydroxylation is 1. The lowest BCUT2D eigenvalue weighted by molar-refractivity contribution is 1.26. The van der Waals surface area contributed by atoms with Crippen molar-refractivity contribution in [1.29, 1.82) is 0 Å². The van der Waals surface area contributed by atoms with Crippen LogP contribution in [0.1, 0.15) is 16.7 Å². The maximum Gasteiger partial charge on any atom is 0.0433 e. The molecule has 27 heavy (non-hydrogen) atoms. The van der Waals surface area contributed by atoms with Crippen LogP contribution in [0.3, 0.4) is 0 Å². The number of thiophene rings is 1. The summed E-state index contributed by atoms with van der Waals surface area (Å²) in [6, 6.07) is 29.3. The molecule has 4 aromatic carbocycles. The smallest absolute Gasteiger partial charge is 0.0433 e. The van der Waals surface area contributed by atoms with Gasteiger partial charge >= 0.3 is 0 Å². The first-order valence-corrected chi connectivity index (χ1v) is 10.2. The summed E-state index contributed by atoms with van der Waals surface area (Å²) in [5, 5.41) is 2.73. The van der Waals surface area contributed by atoms with Gasteiger partial charge in [0.05, 0.1) is 0 Å². The zero-order valence-corrected chi connectivity index (χ0v) is 15.9. The highest BCUT2D eigenvalue weighted by Crippen LogP contribution is 2.43. The molecule has 5 aromatic rings. The van der Waals surface area contributed by atoms with E-state index in [-0.39, 0.29) is 0 Å². The molecule has 0 saturated carbocycles. The van der Waals surface area contributed by atoms with Crippen molar-refractivity contribution in [3.05, 3.63) is 95.6 Å². The number of fused-ring (bicyclic) bond motifs is 6. The van der Waals surface area contributed by atoms with Crippen molar-refractivity contribution < 1.29 is 0 Å². The van der Waals surface area contributed by atoms with E-state index >= 15 is 0 Å². The monoisotopic (exact) mass is 362 g/mol. The highest BCUT2D eigenvalue weighted by atomic mass is 32.1. The molecule has 0 bridgehead atoms. The molecular weight excluding hydrogens is 344 g/mol. The van der Waals surface area contributed by atoms with Crippen LogP contribution in [0.4, 0.5) is 0 Å². The third-order valence-corrected chi connectivity index (χ3v) is 6.98. The van der Waals surface area contributed by atoms with E-state index in [1.807, 2.05) is 11.3 Å².